The smallest absolute Gasteiger partial charge is 0.317 e. The number of urea groups is 1. The van der Waals surface area contributed by atoms with E-state index in [4.69, 9.17) is 0 Å². The molecular weight excluding hydrogens is 316 g/mol. The third kappa shape index (κ3) is 4.38. The van der Waals surface area contributed by atoms with E-state index in [0.29, 0.717) is 31.3 Å². The number of carbonyl (C=O) groups excluding carboxylic acids is 2. The maximum atomic E-state index is 12.6. The van der Waals surface area contributed by atoms with Gasteiger partial charge in [0.2, 0.25) is 5.91 Å². The standard InChI is InChI=1S/C19H26N4O2/c1-2-7-21-19(25)23-10-5-16-11-18(24)22(9-6-17(16)14-23)13-15-4-3-8-20-12-15/h2-4,8,12,16-17H,1,5-7,9-11,13-14H2,(H,21,25)/t16-,17-/m0/s1. The Labute approximate surface area is 148 Å². The Morgan fingerprint density at radius 1 is 1.36 bits per heavy atom. The van der Waals surface area contributed by atoms with Crippen molar-refractivity contribution in [3.8, 4) is 0 Å². The van der Waals surface area contributed by atoms with Gasteiger partial charge in [0, 0.05) is 51.5 Å². The van der Waals surface area contributed by atoms with Gasteiger partial charge in [-0.05, 0) is 36.3 Å². The van der Waals surface area contributed by atoms with Gasteiger partial charge in [-0.2, -0.15) is 0 Å². The Morgan fingerprint density at radius 2 is 2.20 bits per heavy atom. The predicted octanol–water partition coefficient (Wildman–Crippen LogP) is 2.04. The first-order valence-corrected chi connectivity index (χ1v) is 8.97. The first kappa shape index (κ1) is 17.5. The quantitative estimate of drug-likeness (QED) is 0.852. The minimum absolute atomic E-state index is 0.0267. The average Bonchev–Trinajstić information content (AvgIpc) is 2.79. The van der Waals surface area contributed by atoms with Crippen LogP contribution in [0, 0.1) is 11.8 Å². The summed E-state index contributed by atoms with van der Waals surface area (Å²) in [5.41, 5.74) is 1.06. The summed E-state index contributed by atoms with van der Waals surface area (Å²) < 4.78 is 0. The van der Waals surface area contributed by atoms with E-state index in [1.165, 1.54) is 0 Å². The van der Waals surface area contributed by atoms with Crippen molar-refractivity contribution < 1.29 is 9.59 Å². The number of fused-ring (bicyclic) bond motifs is 1. The Morgan fingerprint density at radius 3 is 2.96 bits per heavy atom. The van der Waals surface area contributed by atoms with Crippen LogP contribution < -0.4 is 5.32 Å². The van der Waals surface area contributed by atoms with Gasteiger partial charge in [-0.3, -0.25) is 9.78 Å². The fraction of sp³-hybridized carbons (Fsp3) is 0.526. The molecule has 2 aliphatic heterocycles. The molecule has 0 spiro atoms. The number of aromatic nitrogens is 1. The first-order chi connectivity index (χ1) is 12.2. The van der Waals surface area contributed by atoms with Gasteiger partial charge in [0.25, 0.3) is 0 Å². The van der Waals surface area contributed by atoms with Crippen LogP contribution in [0.5, 0.6) is 0 Å². The van der Waals surface area contributed by atoms with E-state index < -0.39 is 0 Å². The van der Waals surface area contributed by atoms with E-state index in [2.05, 4.69) is 16.9 Å². The highest BCUT2D eigenvalue weighted by atomic mass is 16.2. The highest BCUT2D eigenvalue weighted by Gasteiger charge is 2.36. The molecule has 1 aromatic heterocycles. The molecule has 0 unspecified atom stereocenters. The van der Waals surface area contributed by atoms with Gasteiger partial charge in [0.15, 0.2) is 0 Å². The van der Waals surface area contributed by atoms with Crippen molar-refractivity contribution in [1.82, 2.24) is 20.1 Å². The normalized spacial score (nSPS) is 23.6. The molecule has 6 nitrogen and oxygen atoms in total. The molecule has 3 heterocycles. The highest BCUT2D eigenvalue weighted by Crippen LogP contribution is 2.32. The SMILES string of the molecule is C=CCNC(=O)N1CC[C@H]2CC(=O)N(Cc3cccnc3)CC[C@H]2C1. The number of likely N-dealkylation sites (tertiary alicyclic amines) is 2. The number of hydrogen-bond donors (Lipinski definition) is 1. The lowest BCUT2D eigenvalue weighted by Crippen LogP contribution is -2.48. The van der Waals surface area contributed by atoms with Gasteiger partial charge in [-0.1, -0.05) is 12.1 Å². The van der Waals surface area contributed by atoms with Crippen molar-refractivity contribution in [2.75, 3.05) is 26.2 Å². The number of pyridine rings is 1. The topological polar surface area (TPSA) is 65.5 Å². The second kappa shape index (κ2) is 8.14. The fourth-order valence-electron chi connectivity index (χ4n) is 3.81. The largest absolute Gasteiger partial charge is 0.338 e. The van der Waals surface area contributed by atoms with Crippen LogP contribution in [0.3, 0.4) is 0 Å². The van der Waals surface area contributed by atoms with E-state index in [1.54, 1.807) is 12.3 Å². The number of rotatable bonds is 4. The molecule has 6 heteroatoms. The van der Waals surface area contributed by atoms with Gasteiger partial charge >= 0.3 is 6.03 Å². The summed E-state index contributed by atoms with van der Waals surface area (Å²) in [5.74, 6) is 1.00. The number of nitrogens with one attached hydrogen (secondary N) is 1. The van der Waals surface area contributed by atoms with Crippen LogP contribution in [0.2, 0.25) is 0 Å². The van der Waals surface area contributed by atoms with Gasteiger partial charge in [-0.15, -0.1) is 6.58 Å². The van der Waals surface area contributed by atoms with Crippen LogP contribution >= 0.6 is 0 Å². The number of nitrogens with zero attached hydrogens (tertiary/aromatic N) is 3. The van der Waals surface area contributed by atoms with Crippen LogP contribution in [-0.4, -0.2) is 52.9 Å². The third-order valence-corrected chi connectivity index (χ3v) is 5.23. The van der Waals surface area contributed by atoms with Crippen LogP contribution in [0.25, 0.3) is 0 Å². The van der Waals surface area contributed by atoms with Crippen LogP contribution in [-0.2, 0) is 11.3 Å². The number of carbonyl (C=O) groups is 2. The van der Waals surface area contributed by atoms with Gasteiger partial charge in [0.05, 0.1) is 0 Å². The van der Waals surface area contributed by atoms with Crippen molar-refractivity contribution in [2.24, 2.45) is 11.8 Å². The maximum Gasteiger partial charge on any atom is 0.317 e. The molecule has 0 aliphatic carbocycles. The van der Waals surface area contributed by atoms with Gasteiger partial charge in [-0.25, -0.2) is 4.79 Å². The molecule has 3 amide bonds. The zero-order valence-corrected chi connectivity index (χ0v) is 14.6. The molecule has 2 atom stereocenters. The molecule has 2 saturated heterocycles. The van der Waals surface area contributed by atoms with Crippen LogP contribution in [0.4, 0.5) is 4.79 Å². The summed E-state index contributed by atoms with van der Waals surface area (Å²) in [6.45, 7) is 6.94. The van der Waals surface area contributed by atoms with E-state index in [9.17, 15) is 9.59 Å². The molecule has 3 rings (SSSR count). The van der Waals surface area contributed by atoms with Gasteiger partial charge in [0.1, 0.15) is 0 Å². The molecule has 2 aliphatic rings. The summed E-state index contributed by atoms with van der Waals surface area (Å²) >= 11 is 0. The number of hydrogen-bond acceptors (Lipinski definition) is 3. The van der Waals surface area contributed by atoms with E-state index in [1.807, 2.05) is 28.1 Å². The summed E-state index contributed by atoms with van der Waals surface area (Å²) in [7, 11) is 0. The molecule has 1 N–H and O–H groups in total. The number of amides is 3. The summed E-state index contributed by atoms with van der Waals surface area (Å²) in [5, 5.41) is 2.85. The Bertz CT molecular complexity index is 619. The number of piperidine rings is 1. The second-order valence-corrected chi connectivity index (χ2v) is 6.90. The zero-order valence-electron chi connectivity index (χ0n) is 14.6. The van der Waals surface area contributed by atoms with Crippen molar-refractivity contribution in [2.45, 2.75) is 25.8 Å². The third-order valence-electron chi connectivity index (χ3n) is 5.23. The van der Waals surface area contributed by atoms with Crippen molar-refractivity contribution in [1.29, 1.82) is 0 Å². The Hall–Kier alpha value is -2.37. The Kier molecular flexibility index (Phi) is 5.68. The minimum atomic E-state index is -0.0267. The van der Waals surface area contributed by atoms with E-state index >= 15 is 0 Å². The molecule has 0 aromatic carbocycles. The van der Waals surface area contributed by atoms with Gasteiger partial charge < -0.3 is 15.1 Å². The Balaban J connectivity index is 1.60. The lowest BCUT2D eigenvalue weighted by atomic mass is 9.82. The summed E-state index contributed by atoms with van der Waals surface area (Å²) in [6.07, 6.45) is 7.68. The molecule has 0 radical (unpaired) electrons. The molecule has 25 heavy (non-hydrogen) atoms. The maximum absolute atomic E-state index is 12.6. The molecule has 134 valence electrons. The molecule has 1 aromatic rings. The lowest BCUT2D eigenvalue weighted by molar-refractivity contribution is -0.132. The second-order valence-electron chi connectivity index (χ2n) is 6.90. The average molecular weight is 342 g/mol. The fourth-order valence-corrected chi connectivity index (χ4v) is 3.81. The monoisotopic (exact) mass is 342 g/mol. The summed E-state index contributed by atoms with van der Waals surface area (Å²) in [6, 6.07) is 3.88. The molecule has 0 saturated carbocycles. The lowest BCUT2D eigenvalue weighted by Gasteiger charge is -2.37. The van der Waals surface area contributed by atoms with E-state index in [-0.39, 0.29) is 11.9 Å². The molecule has 2 fully saturated rings. The predicted molar refractivity (Wildman–Crippen MR) is 95.7 cm³/mol. The van der Waals surface area contributed by atoms with E-state index in [0.717, 1.165) is 38.0 Å². The minimum Gasteiger partial charge on any atom is -0.338 e. The molecule has 0 bridgehead atoms. The molecular formula is C19H26N4O2. The van der Waals surface area contributed by atoms with Crippen LogP contribution in [0.15, 0.2) is 37.2 Å². The van der Waals surface area contributed by atoms with Crippen LogP contribution in [0.1, 0.15) is 24.8 Å². The highest BCUT2D eigenvalue weighted by molar-refractivity contribution is 5.77. The zero-order chi connectivity index (χ0) is 17.6. The van der Waals surface area contributed by atoms with Crippen molar-refractivity contribution >= 4 is 11.9 Å². The van der Waals surface area contributed by atoms with Crippen molar-refractivity contribution in [3.63, 3.8) is 0 Å². The summed E-state index contributed by atoms with van der Waals surface area (Å²) in [4.78, 5) is 32.8. The first-order valence-electron chi connectivity index (χ1n) is 8.97. The van der Waals surface area contributed by atoms with Crippen molar-refractivity contribution in [3.05, 3.63) is 42.7 Å².